The van der Waals surface area contributed by atoms with Gasteiger partial charge in [0.25, 0.3) is 0 Å². The Balaban J connectivity index is 0.00000162. The fraction of sp³-hybridized carbons (Fsp3) is 0.0667. The molecule has 0 heterocycles. The van der Waals surface area contributed by atoms with E-state index < -0.39 is 0 Å². The molecule has 0 spiro atoms. The second-order valence-electron chi connectivity index (χ2n) is 3.76. The van der Waals surface area contributed by atoms with Crippen molar-refractivity contribution in [1.82, 2.24) is 0 Å². The summed E-state index contributed by atoms with van der Waals surface area (Å²) >= 11 is 0. The third kappa shape index (κ3) is 4.23. The molecule has 0 aliphatic carbocycles. The molecule has 18 heavy (non-hydrogen) atoms. The molecule has 2 aromatic rings. The van der Waals surface area contributed by atoms with Crippen LogP contribution < -0.4 is 0 Å². The molecule has 0 unspecified atom stereocenters. The monoisotopic (exact) mass is 362 g/mol. The molecule has 86 valence electrons. The number of hydrogen-bond acceptors (Lipinski definition) is 2. The third-order valence-electron chi connectivity index (χ3n) is 2.51. The number of carbonyl (C=O) groups is 2. The topological polar surface area (TPSA) is 34.1 Å². The fourth-order valence-corrected chi connectivity index (χ4v) is 1.60. The molecule has 0 saturated heterocycles. The van der Waals surface area contributed by atoms with Crippen LogP contribution in [0.1, 0.15) is 27.1 Å². The van der Waals surface area contributed by atoms with Crippen molar-refractivity contribution in [2.45, 2.75) is 6.42 Å². The number of Topliss-reactive ketones (excluding diaryl/α,β-unsaturated/α-hetero) is 2. The number of rotatable bonds is 4. The van der Waals surface area contributed by atoms with Crippen LogP contribution in [0.3, 0.4) is 0 Å². The van der Waals surface area contributed by atoms with Crippen LogP contribution in [0.15, 0.2) is 60.7 Å². The smallest absolute Gasteiger partial charge is 0.170 e. The van der Waals surface area contributed by atoms with Crippen molar-refractivity contribution >= 4 is 60.4 Å². The molecule has 0 fully saturated rings. The van der Waals surface area contributed by atoms with Crippen LogP contribution in [0.4, 0.5) is 0 Å². The molecule has 3 heteroatoms. The molecular formula is C15H12BaO2. The molecule has 0 aliphatic heterocycles. The van der Waals surface area contributed by atoms with Crippen LogP contribution in [-0.4, -0.2) is 60.4 Å². The van der Waals surface area contributed by atoms with Gasteiger partial charge in [0.1, 0.15) is 0 Å². The van der Waals surface area contributed by atoms with E-state index in [0.29, 0.717) is 11.1 Å². The Morgan fingerprint density at radius 1 is 0.667 bits per heavy atom. The normalized spacial score (nSPS) is 9.33. The SMILES string of the molecule is O=C(CC(=O)c1ccccc1)c1ccccc1.[Ba]. The van der Waals surface area contributed by atoms with E-state index in [2.05, 4.69) is 0 Å². The van der Waals surface area contributed by atoms with Crippen molar-refractivity contribution in [3.05, 3.63) is 71.8 Å². The van der Waals surface area contributed by atoms with Crippen LogP contribution in [-0.2, 0) is 0 Å². The van der Waals surface area contributed by atoms with Gasteiger partial charge in [-0.05, 0) is 0 Å². The molecular weight excluding hydrogens is 349 g/mol. The Hall–Kier alpha value is -0.649. The minimum atomic E-state index is -0.139. The average Bonchev–Trinajstić information content (AvgIpc) is 2.40. The Morgan fingerprint density at radius 2 is 1.00 bits per heavy atom. The second kappa shape index (κ2) is 7.71. The summed E-state index contributed by atoms with van der Waals surface area (Å²) in [7, 11) is 0. The van der Waals surface area contributed by atoms with Gasteiger partial charge in [-0.2, -0.15) is 0 Å². The van der Waals surface area contributed by atoms with E-state index in [0.717, 1.165) is 0 Å². The molecule has 0 atom stereocenters. The van der Waals surface area contributed by atoms with Gasteiger partial charge in [-0.3, -0.25) is 9.59 Å². The van der Waals surface area contributed by atoms with Gasteiger partial charge in [-0.15, -0.1) is 0 Å². The Kier molecular flexibility index (Phi) is 6.60. The van der Waals surface area contributed by atoms with Crippen molar-refractivity contribution in [2.24, 2.45) is 0 Å². The van der Waals surface area contributed by atoms with Gasteiger partial charge in [-0.25, -0.2) is 0 Å². The summed E-state index contributed by atoms with van der Waals surface area (Å²) in [6.07, 6.45) is -0.0754. The first kappa shape index (κ1) is 15.4. The van der Waals surface area contributed by atoms with E-state index >= 15 is 0 Å². The van der Waals surface area contributed by atoms with Crippen molar-refractivity contribution in [3.63, 3.8) is 0 Å². The van der Waals surface area contributed by atoms with Crippen LogP contribution in [0.25, 0.3) is 0 Å². The second-order valence-corrected chi connectivity index (χ2v) is 3.76. The van der Waals surface area contributed by atoms with Crippen LogP contribution in [0, 0.1) is 0 Å². The van der Waals surface area contributed by atoms with Crippen LogP contribution in [0.5, 0.6) is 0 Å². The van der Waals surface area contributed by atoms with E-state index in [1.165, 1.54) is 0 Å². The summed E-state index contributed by atoms with van der Waals surface area (Å²) in [6, 6.07) is 17.7. The van der Waals surface area contributed by atoms with Gasteiger partial charge in [0.15, 0.2) is 11.6 Å². The summed E-state index contributed by atoms with van der Waals surface area (Å²) in [4.78, 5) is 23.6. The molecule has 0 N–H and O–H groups in total. The zero-order chi connectivity index (χ0) is 12.1. The molecule has 0 saturated carbocycles. The van der Waals surface area contributed by atoms with E-state index in [-0.39, 0.29) is 66.9 Å². The van der Waals surface area contributed by atoms with E-state index in [4.69, 9.17) is 0 Å². The molecule has 0 bridgehead atoms. The Morgan fingerprint density at radius 3 is 1.33 bits per heavy atom. The van der Waals surface area contributed by atoms with E-state index in [9.17, 15) is 9.59 Å². The predicted octanol–water partition coefficient (Wildman–Crippen LogP) is 2.76. The maximum Gasteiger partial charge on any atom is 0.170 e. The molecule has 2 nitrogen and oxygen atoms in total. The van der Waals surface area contributed by atoms with Crippen molar-refractivity contribution in [2.75, 3.05) is 0 Å². The Labute approximate surface area is 146 Å². The molecule has 0 aliphatic rings. The first-order valence-electron chi connectivity index (χ1n) is 5.44. The van der Waals surface area contributed by atoms with E-state index in [1.54, 1.807) is 48.5 Å². The van der Waals surface area contributed by atoms with Gasteiger partial charge in [0.2, 0.25) is 0 Å². The van der Waals surface area contributed by atoms with Gasteiger partial charge in [0.05, 0.1) is 6.42 Å². The Bertz CT molecular complexity index is 471. The summed E-state index contributed by atoms with van der Waals surface area (Å²) in [5.74, 6) is -0.279. The van der Waals surface area contributed by atoms with Gasteiger partial charge < -0.3 is 0 Å². The first-order valence-corrected chi connectivity index (χ1v) is 5.44. The maximum absolute atomic E-state index is 11.8. The summed E-state index contributed by atoms with van der Waals surface area (Å²) in [5, 5.41) is 0. The predicted molar refractivity (Wildman–Crippen MR) is 71.9 cm³/mol. The van der Waals surface area contributed by atoms with Crippen LogP contribution in [0.2, 0.25) is 0 Å². The molecule has 2 aromatic carbocycles. The summed E-state index contributed by atoms with van der Waals surface area (Å²) in [6.45, 7) is 0. The van der Waals surface area contributed by atoms with Crippen molar-refractivity contribution < 1.29 is 9.59 Å². The maximum atomic E-state index is 11.8. The van der Waals surface area contributed by atoms with Crippen LogP contribution >= 0.6 is 0 Å². The number of ketones is 2. The zero-order valence-corrected chi connectivity index (χ0v) is 14.4. The standard InChI is InChI=1S/C15H12O2.Ba/c16-14(12-7-3-1-4-8-12)11-15(17)13-9-5-2-6-10-13;/h1-10H,11H2;. The number of carbonyl (C=O) groups excluding carboxylic acids is 2. The minimum Gasteiger partial charge on any atom is -0.294 e. The molecule has 2 radical (unpaired) electrons. The summed E-state index contributed by atoms with van der Waals surface area (Å²) < 4.78 is 0. The van der Waals surface area contributed by atoms with Gasteiger partial charge in [0, 0.05) is 60.0 Å². The third-order valence-corrected chi connectivity index (χ3v) is 2.51. The molecule has 0 aromatic heterocycles. The number of hydrogen-bond donors (Lipinski definition) is 0. The van der Waals surface area contributed by atoms with Crippen molar-refractivity contribution in [1.29, 1.82) is 0 Å². The van der Waals surface area contributed by atoms with Gasteiger partial charge >= 0.3 is 0 Å². The zero-order valence-electron chi connectivity index (χ0n) is 10.0. The largest absolute Gasteiger partial charge is 0.294 e. The molecule has 0 amide bonds. The van der Waals surface area contributed by atoms with Gasteiger partial charge in [-0.1, -0.05) is 60.7 Å². The quantitative estimate of drug-likeness (QED) is 0.477. The van der Waals surface area contributed by atoms with Crippen molar-refractivity contribution in [3.8, 4) is 0 Å². The first-order chi connectivity index (χ1) is 8.27. The molecule has 2 rings (SSSR count). The van der Waals surface area contributed by atoms with E-state index in [1.807, 2.05) is 12.1 Å². The average molecular weight is 362 g/mol. The minimum absolute atomic E-state index is 0. The number of benzene rings is 2. The summed E-state index contributed by atoms with van der Waals surface area (Å²) in [5.41, 5.74) is 1.16. The fourth-order valence-electron chi connectivity index (χ4n) is 1.60.